The summed E-state index contributed by atoms with van der Waals surface area (Å²) in [6, 6.07) is 11.9. The van der Waals surface area contributed by atoms with Gasteiger partial charge in [-0.3, -0.25) is 0 Å². The Hall–Kier alpha value is -1.88. The summed E-state index contributed by atoms with van der Waals surface area (Å²) in [5.41, 5.74) is 0. The molecule has 0 atom stereocenters. The molecule has 0 heterocycles. The Morgan fingerprint density at radius 2 is 1.87 bits per heavy atom. The molecule has 0 spiro atoms. The van der Waals surface area contributed by atoms with E-state index in [1.54, 1.807) is 12.1 Å². The lowest BCUT2D eigenvalue weighted by Gasteiger charge is -2.03. The molecule has 0 saturated carbocycles. The number of halogens is 2. The van der Waals surface area contributed by atoms with E-state index in [-0.39, 0.29) is 18.0 Å². The molecular weight excluding hydrogens is 385 g/mol. The highest BCUT2D eigenvalue weighted by Gasteiger charge is 2.12. The van der Waals surface area contributed by atoms with Crippen molar-refractivity contribution in [1.82, 2.24) is 4.72 Å². The number of rotatable bonds is 5. The molecule has 0 aliphatic carbocycles. The first-order chi connectivity index (χ1) is 11.0. The van der Waals surface area contributed by atoms with E-state index in [9.17, 15) is 12.8 Å². The van der Waals surface area contributed by atoms with Gasteiger partial charge in [-0.05, 0) is 42.5 Å². The second kappa shape index (κ2) is 8.11. The maximum atomic E-state index is 12.8. The molecule has 4 nitrogen and oxygen atoms in total. The number of hydrogen-bond acceptors (Lipinski definition) is 3. The number of sulfonamides is 1. The molecule has 0 fully saturated rings. The van der Waals surface area contributed by atoms with Crippen molar-refractivity contribution < 1.29 is 17.5 Å². The lowest BCUT2D eigenvalue weighted by atomic mass is 10.3. The normalized spacial score (nSPS) is 10.7. The van der Waals surface area contributed by atoms with E-state index >= 15 is 0 Å². The van der Waals surface area contributed by atoms with Gasteiger partial charge < -0.3 is 4.74 Å². The fourth-order valence-corrected chi connectivity index (χ4v) is 2.92. The highest BCUT2D eigenvalue weighted by atomic mass is 79.9. The van der Waals surface area contributed by atoms with Crippen molar-refractivity contribution in [2.24, 2.45) is 0 Å². The molecule has 0 amide bonds. The van der Waals surface area contributed by atoms with Gasteiger partial charge in [0.05, 0.1) is 11.4 Å². The van der Waals surface area contributed by atoms with Crippen LogP contribution in [-0.2, 0) is 10.0 Å². The molecule has 2 rings (SSSR count). The van der Waals surface area contributed by atoms with Gasteiger partial charge in [0.1, 0.15) is 18.2 Å². The topological polar surface area (TPSA) is 55.4 Å². The zero-order valence-corrected chi connectivity index (χ0v) is 14.3. The van der Waals surface area contributed by atoms with Crippen molar-refractivity contribution in [1.29, 1.82) is 0 Å². The lowest BCUT2D eigenvalue weighted by Crippen LogP contribution is -2.24. The van der Waals surface area contributed by atoms with Crippen LogP contribution in [-0.4, -0.2) is 21.6 Å². The van der Waals surface area contributed by atoms with E-state index in [0.717, 1.165) is 16.6 Å². The minimum Gasteiger partial charge on any atom is -0.481 e. The van der Waals surface area contributed by atoms with Crippen molar-refractivity contribution in [3.8, 4) is 17.6 Å². The third kappa shape index (κ3) is 5.67. The largest absolute Gasteiger partial charge is 0.481 e. The van der Waals surface area contributed by atoms with Gasteiger partial charge >= 0.3 is 0 Å². The van der Waals surface area contributed by atoms with Gasteiger partial charge in [-0.1, -0.05) is 33.8 Å². The van der Waals surface area contributed by atoms with Crippen LogP contribution < -0.4 is 9.46 Å². The van der Waals surface area contributed by atoms with E-state index in [1.165, 1.54) is 12.1 Å². The number of nitrogens with one attached hydrogen (secondary N) is 1. The quantitative estimate of drug-likeness (QED) is 0.789. The van der Waals surface area contributed by atoms with Crippen LogP contribution in [0, 0.1) is 17.7 Å². The smallest absolute Gasteiger partial charge is 0.241 e. The van der Waals surface area contributed by atoms with Crippen LogP contribution in [0.25, 0.3) is 0 Å². The van der Waals surface area contributed by atoms with Crippen molar-refractivity contribution in [3.05, 3.63) is 58.8 Å². The molecule has 0 aliphatic rings. The Balaban J connectivity index is 1.82. The third-order valence-corrected chi connectivity index (χ3v) is 4.62. The summed E-state index contributed by atoms with van der Waals surface area (Å²) in [6.07, 6.45) is 0. The monoisotopic (exact) mass is 397 g/mol. The van der Waals surface area contributed by atoms with Gasteiger partial charge in [-0.2, -0.15) is 4.72 Å². The summed E-state index contributed by atoms with van der Waals surface area (Å²) in [7, 11) is -3.69. The van der Waals surface area contributed by atoms with Crippen LogP contribution in [0.2, 0.25) is 0 Å². The Morgan fingerprint density at radius 1 is 1.13 bits per heavy atom. The van der Waals surface area contributed by atoms with Gasteiger partial charge in [0.25, 0.3) is 0 Å². The van der Waals surface area contributed by atoms with E-state index in [0.29, 0.717) is 5.75 Å². The zero-order chi connectivity index (χ0) is 16.7. The Labute approximate surface area is 142 Å². The first-order valence-electron chi connectivity index (χ1n) is 6.57. The maximum absolute atomic E-state index is 12.8. The average molecular weight is 398 g/mol. The fraction of sp³-hybridized carbons (Fsp3) is 0.125. The summed E-state index contributed by atoms with van der Waals surface area (Å²) in [5.74, 6) is 5.54. The zero-order valence-electron chi connectivity index (χ0n) is 11.9. The summed E-state index contributed by atoms with van der Waals surface area (Å²) in [4.78, 5) is -0.00825. The maximum Gasteiger partial charge on any atom is 0.241 e. The summed E-state index contributed by atoms with van der Waals surface area (Å²) >= 11 is 3.33. The number of hydrogen-bond donors (Lipinski definition) is 1. The van der Waals surface area contributed by atoms with Crippen LogP contribution in [0.4, 0.5) is 4.39 Å². The third-order valence-electron chi connectivity index (χ3n) is 2.71. The van der Waals surface area contributed by atoms with Gasteiger partial charge in [0, 0.05) is 4.47 Å². The van der Waals surface area contributed by atoms with Gasteiger partial charge in [0.2, 0.25) is 10.0 Å². The van der Waals surface area contributed by atoms with Crippen LogP contribution >= 0.6 is 15.9 Å². The van der Waals surface area contributed by atoms with E-state index < -0.39 is 15.8 Å². The molecule has 23 heavy (non-hydrogen) atoms. The molecular formula is C16H13BrFNO3S. The number of ether oxygens (including phenoxy) is 1. The molecule has 1 N–H and O–H groups in total. The van der Waals surface area contributed by atoms with Crippen LogP contribution in [0.15, 0.2) is 57.9 Å². The average Bonchev–Trinajstić information content (AvgIpc) is 2.51. The van der Waals surface area contributed by atoms with Gasteiger partial charge in [-0.25, -0.2) is 12.8 Å². The molecule has 120 valence electrons. The predicted molar refractivity (Wildman–Crippen MR) is 89.0 cm³/mol. The Bertz CT molecular complexity index is 826. The minimum absolute atomic E-state index is 0.00825. The molecule has 0 aliphatic heterocycles. The fourth-order valence-electron chi connectivity index (χ4n) is 1.62. The Kier molecular flexibility index (Phi) is 6.16. The lowest BCUT2D eigenvalue weighted by molar-refractivity contribution is 0.370. The van der Waals surface area contributed by atoms with Crippen LogP contribution in [0.1, 0.15) is 0 Å². The second-order valence-corrected chi connectivity index (χ2v) is 7.06. The van der Waals surface area contributed by atoms with Crippen molar-refractivity contribution in [2.45, 2.75) is 4.90 Å². The molecule has 0 aromatic heterocycles. The molecule has 2 aromatic rings. The van der Waals surface area contributed by atoms with E-state index in [4.69, 9.17) is 4.74 Å². The van der Waals surface area contributed by atoms with Gasteiger partial charge in [0.15, 0.2) is 0 Å². The van der Waals surface area contributed by atoms with Crippen LogP contribution in [0.5, 0.6) is 5.75 Å². The first-order valence-corrected chi connectivity index (χ1v) is 8.84. The molecule has 0 bridgehead atoms. The molecule has 0 unspecified atom stereocenters. The van der Waals surface area contributed by atoms with E-state index in [1.807, 2.05) is 12.1 Å². The van der Waals surface area contributed by atoms with Gasteiger partial charge in [-0.15, -0.1) is 0 Å². The molecule has 0 radical (unpaired) electrons. The minimum atomic E-state index is -3.69. The standard InChI is InChI=1S/C16H13BrFNO3S/c17-13-4-3-5-15(12-13)22-11-2-1-10-19-23(20,21)16-8-6-14(18)7-9-16/h3-9,12,19H,10-11H2. The van der Waals surface area contributed by atoms with Crippen LogP contribution in [0.3, 0.4) is 0 Å². The first kappa shape index (κ1) is 17.5. The predicted octanol–water partition coefficient (Wildman–Crippen LogP) is 2.95. The summed E-state index contributed by atoms with van der Waals surface area (Å²) < 4.78 is 45.2. The van der Waals surface area contributed by atoms with Crippen molar-refractivity contribution >= 4 is 26.0 Å². The molecule has 2 aromatic carbocycles. The van der Waals surface area contributed by atoms with E-state index in [2.05, 4.69) is 32.5 Å². The highest BCUT2D eigenvalue weighted by Crippen LogP contribution is 2.17. The SMILES string of the molecule is O=S(=O)(NCC#CCOc1cccc(Br)c1)c1ccc(F)cc1. The van der Waals surface area contributed by atoms with Crippen molar-refractivity contribution in [2.75, 3.05) is 13.2 Å². The molecule has 7 heteroatoms. The number of benzene rings is 2. The summed E-state index contributed by atoms with van der Waals surface area (Å²) in [5, 5.41) is 0. The second-order valence-electron chi connectivity index (χ2n) is 4.38. The summed E-state index contributed by atoms with van der Waals surface area (Å²) in [6.45, 7) is 0.0935. The van der Waals surface area contributed by atoms with Crippen molar-refractivity contribution in [3.63, 3.8) is 0 Å². The Morgan fingerprint density at radius 3 is 2.57 bits per heavy atom. The molecule has 0 saturated heterocycles. The highest BCUT2D eigenvalue weighted by molar-refractivity contribution is 9.10.